The first-order chi connectivity index (χ1) is 13.2. The highest BCUT2D eigenvalue weighted by atomic mass is 127. The molecule has 7 heteroatoms. The Bertz CT molecular complexity index is 611. The van der Waals surface area contributed by atoms with Crippen LogP contribution >= 0.6 is 24.0 Å². The van der Waals surface area contributed by atoms with Gasteiger partial charge in [0.15, 0.2) is 5.96 Å². The molecular weight excluding hydrogens is 467 g/mol. The molecule has 1 aliphatic heterocycles. The van der Waals surface area contributed by atoms with Crippen LogP contribution in [0.15, 0.2) is 29.3 Å². The average molecular weight is 502 g/mol. The standard InChI is InChI=1S/C21H34N4O2.HI/c1-4-27-16-11-21(9-10-21)17-23-20(22-2)25-14-12-24(13-15-25)18-5-7-19(26-3)8-6-18;/h5-8H,4,9-17H2,1-3H3,(H,22,23);1H. The van der Waals surface area contributed by atoms with Crippen LogP contribution in [0.5, 0.6) is 5.75 Å². The Morgan fingerprint density at radius 3 is 2.36 bits per heavy atom. The van der Waals surface area contributed by atoms with Crippen molar-refractivity contribution in [3.63, 3.8) is 0 Å². The number of nitrogens with one attached hydrogen (secondary N) is 1. The van der Waals surface area contributed by atoms with Crippen LogP contribution in [0.4, 0.5) is 5.69 Å². The molecule has 0 atom stereocenters. The number of guanidine groups is 1. The van der Waals surface area contributed by atoms with Gasteiger partial charge in [0.05, 0.1) is 7.11 Å². The molecule has 0 amide bonds. The summed E-state index contributed by atoms with van der Waals surface area (Å²) in [4.78, 5) is 9.32. The van der Waals surface area contributed by atoms with Crippen molar-refractivity contribution in [2.45, 2.75) is 26.2 Å². The molecule has 1 saturated heterocycles. The van der Waals surface area contributed by atoms with Crippen molar-refractivity contribution >= 4 is 35.6 Å². The molecule has 28 heavy (non-hydrogen) atoms. The Kier molecular flexibility index (Phi) is 9.14. The predicted octanol–water partition coefficient (Wildman–Crippen LogP) is 3.22. The van der Waals surface area contributed by atoms with E-state index in [0.717, 1.165) is 64.1 Å². The van der Waals surface area contributed by atoms with Gasteiger partial charge in [-0.3, -0.25) is 4.99 Å². The highest BCUT2D eigenvalue weighted by Crippen LogP contribution is 2.48. The van der Waals surface area contributed by atoms with E-state index in [1.165, 1.54) is 18.5 Å². The van der Waals surface area contributed by atoms with Gasteiger partial charge in [0.1, 0.15) is 5.75 Å². The first-order valence-electron chi connectivity index (χ1n) is 10.1. The van der Waals surface area contributed by atoms with Gasteiger partial charge in [-0.1, -0.05) is 0 Å². The quantitative estimate of drug-likeness (QED) is 0.256. The van der Waals surface area contributed by atoms with Gasteiger partial charge in [0.25, 0.3) is 0 Å². The van der Waals surface area contributed by atoms with Crippen molar-refractivity contribution in [2.75, 3.05) is 65.0 Å². The third-order valence-electron chi connectivity index (χ3n) is 5.79. The van der Waals surface area contributed by atoms with Crippen LogP contribution in [0.25, 0.3) is 0 Å². The molecule has 1 heterocycles. The lowest BCUT2D eigenvalue weighted by molar-refractivity contribution is 0.128. The minimum atomic E-state index is 0. The van der Waals surface area contributed by atoms with Crippen molar-refractivity contribution < 1.29 is 9.47 Å². The maximum atomic E-state index is 5.55. The smallest absolute Gasteiger partial charge is 0.193 e. The minimum absolute atomic E-state index is 0. The van der Waals surface area contributed by atoms with E-state index in [1.807, 2.05) is 19.2 Å². The second kappa shape index (κ2) is 11.1. The Hall–Kier alpha value is -1.22. The molecule has 2 fully saturated rings. The normalized spacial score (nSPS) is 18.5. The molecule has 6 nitrogen and oxygen atoms in total. The highest BCUT2D eigenvalue weighted by molar-refractivity contribution is 14.0. The Labute approximate surface area is 186 Å². The number of methoxy groups -OCH3 is 1. The van der Waals surface area contributed by atoms with E-state index in [-0.39, 0.29) is 24.0 Å². The van der Waals surface area contributed by atoms with Gasteiger partial charge in [0, 0.05) is 58.7 Å². The zero-order chi connectivity index (χ0) is 19.1. The summed E-state index contributed by atoms with van der Waals surface area (Å²) < 4.78 is 10.8. The number of benzene rings is 1. The third-order valence-corrected chi connectivity index (χ3v) is 5.79. The molecule has 1 aromatic carbocycles. The molecule has 1 saturated carbocycles. The molecule has 0 aromatic heterocycles. The van der Waals surface area contributed by atoms with Gasteiger partial charge in [-0.25, -0.2) is 0 Å². The monoisotopic (exact) mass is 502 g/mol. The van der Waals surface area contributed by atoms with Crippen LogP contribution < -0.4 is 15.0 Å². The Balaban J connectivity index is 0.00000280. The van der Waals surface area contributed by atoms with Crippen LogP contribution in [-0.4, -0.2) is 71.0 Å². The summed E-state index contributed by atoms with van der Waals surface area (Å²) in [7, 11) is 3.59. The summed E-state index contributed by atoms with van der Waals surface area (Å²) in [5.74, 6) is 1.94. The second-order valence-corrected chi connectivity index (χ2v) is 7.52. The average Bonchev–Trinajstić information content (AvgIpc) is 3.49. The van der Waals surface area contributed by atoms with E-state index in [4.69, 9.17) is 9.47 Å². The lowest BCUT2D eigenvalue weighted by Crippen LogP contribution is -2.53. The number of hydrogen-bond donors (Lipinski definition) is 1. The number of nitrogens with zero attached hydrogens (tertiary/aromatic N) is 3. The van der Waals surface area contributed by atoms with E-state index in [9.17, 15) is 0 Å². The fourth-order valence-electron chi connectivity index (χ4n) is 3.69. The van der Waals surface area contributed by atoms with Gasteiger partial charge < -0.3 is 24.6 Å². The molecule has 158 valence electrons. The first kappa shape index (κ1) is 23.1. The number of halogens is 1. The van der Waals surface area contributed by atoms with Crippen LogP contribution in [0.2, 0.25) is 0 Å². The minimum Gasteiger partial charge on any atom is -0.497 e. The topological polar surface area (TPSA) is 49.3 Å². The lowest BCUT2D eigenvalue weighted by atomic mass is 10.0. The van der Waals surface area contributed by atoms with E-state index in [0.29, 0.717) is 5.41 Å². The molecule has 1 aliphatic carbocycles. The van der Waals surface area contributed by atoms with Crippen LogP contribution in [0, 0.1) is 5.41 Å². The van der Waals surface area contributed by atoms with Crippen molar-refractivity contribution in [1.82, 2.24) is 10.2 Å². The molecule has 0 unspecified atom stereocenters. The van der Waals surface area contributed by atoms with Crippen LogP contribution in [0.3, 0.4) is 0 Å². The van der Waals surface area contributed by atoms with Gasteiger partial charge >= 0.3 is 0 Å². The van der Waals surface area contributed by atoms with Crippen molar-refractivity contribution in [3.8, 4) is 5.75 Å². The second-order valence-electron chi connectivity index (χ2n) is 7.52. The molecule has 1 N–H and O–H groups in total. The molecule has 2 aliphatic rings. The number of piperazine rings is 1. The van der Waals surface area contributed by atoms with Crippen LogP contribution in [0.1, 0.15) is 26.2 Å². The SMILES string of the molecule is CCOCCC1(CNC(=NC)N2CCN(c3ccc(OC)cc3)CC2)CC1.I. The Morgan fingerprint density at radius 1 is 1.14 bits per heavy atom. The lowest BCUT2D eigenvalue weighted by Gasteiger charge is -2.38. The van der Waals surface area contributed by atoms with Gasteiger partial charge in [-0.2, -0.15) is 0 Å². The molecule has 0 radical (unpaired) electrons. The molecular formula is C21H35IN4O2. The Morgan fingerprint density at radius 2 is 1.82 bits per heavy atom. The number of hydrogen-bond acceptors (Lipinski definition) is 4. The summed E-state index contributed by atoms with van der Waals surface area (Å²) in [6.07, 6.45) is 3.75. The summed E-state index contributed by atoms with van der Waals surface area (Å²) in [5.41, 5.74) is 1.68. The maximum Gasteiger partial charge on any atom is 0.193 e. The fraction of sp³-hybridized carbons (Fsp3) is 0.667. The predicted molar refractivity (Wildman–Crippen MR) is 126 cm³/mol. The molecule has 0 spiro atoms. The van der Waals surface area contributed by atoms with E-state index < -0.39 is 0 Å². The summed E-state index contributed by atoms with van der Waals surface area (Å²) in [6.45, 7) is 8.72. The van der Waals surface area contributed by atoms with Gasteiger partial charge in [0.2, 0.25) is 0 Å². The van der Waals surface area contributed by atoms with Gasteiger partial charge in [-0.15, -0.1) is 24.0 Å². The third kappa shape index (κ3) is 6.14. The van der Waals surface area contributed by atoms with E-state index in [1.54, 1.807) is 7.11 Å². The summed E-state index contributed by atoms with van der Waals surface area (Å²) in [6, 6.07) is 8.33. The van der Waals surface area contributed by atoms with E-state index >= 15 is 0 Å². The first-order valence-corrected chi connectivity index (χ1v) is 10.1. The van der Waals surface area contributed by atoms with E-state index in [2.05, 4.69) is 39.2 Å². The number of anilines is 1. The molecule has 1 aromatic rings. The molecule has 3 rings (SSSR count). The number of aliphatic imine (C=N–C) groups is 1. The number of rotatable bonds is 8. The molecule has 0 bridgehead atoms. The van der Waals surface area contributed by atoms with Gasteiger partial charge in [-0.05, 0) is 55.9 Å². The van der Waals surface area contributed by atoms with Crippen molar-refractivity contribution in [1.29, 1.82) is 0 Å². The highest BCUT2D eigenvalue weighted by Gasteiger charge is 2.42. The zero-order valence-corrected chi connectivity index (χ0v) is 19.8. The number of ether oxygens (including phenoxy) is 2. The fourth-order valence-corrected chi connectivity index (χ4v) is 3.69. The maximum absolute atomic E-state index is 5.55. The van der Waals surface area contributed by atoms with Crippen molar-refractivity contribution in [3.05, 3.63) is 24.3 Å². The largest absolute Gasteiger partial charge is 0.497 e. The summed E-state index contributed by atoms with van der Waals surface area (Å²) in [5, 5.41) is 3.62. The summed E-state index contributed by atoms with van der Waals surface area (Å²) >= 11 is 0. The van der Waals surface area contributed by atoms with Crippen LogP contribution in [-0.2, 0) is 4.74 Å². The zero-order valence-electron chi connectivity index (χ0n) is 17.4. The van der Waals surface area contributed by atoms with Crippen molar-refractivity contribution in [2.24, 2.45) is 10.4 Å².